The highest BCUT2D eigenvalue weighted by molar-refractivity contribution is 5.76. The number of anilines is 3. The van der Waals surface area contributed by atoms with Crippen LogP contribution in [0.25, 0.3) is 11.2 Å². The fraction of sp³-hybridized carbons (Fsp3) is 0.389. The summed E-state index contributed by atoms with van der Waals surface area (Å²) in [5, 5.41) is 3.04. The molecule has 4 rings (SSSR count). The van der Waals surface area contributed by atoms with E-state index in [1.807, 2.05) is 4.57 Å². The first-order valence-electron chi connectivity index (χ1n) is 8.72. The number of benzene rings is 1. The van der Waals surface area contributed by atoms with Gasteiger partial charge in [0.05, 0.1) is 11.8 Å². The average molecular weight is 376 g/mol. The Bertz CT molecular complexity index is 988. The summed E-state index contributed by atoms with van der Waals surface area (Å²) < 4.78 is 41.0. The van der Waals surface area contributed by atoms with Gasteiger partial charge in [0.15, 0.2) is 5.65 Å². The zero-order valence-corrected chi connectivity index (χ0v) is 14.7. The number of hydrogen-bond donors (Lipinski definition) is 2. The molecule has 0 bridgehead atoms. The maximum Gasteiger partial charge on any atom is 0.416 e. The predicted molar refractivity (Wildman–Crippen MR) is 96.6 cm³/mol. The van der Waals surface area contributed by atoms with Gasteiger partial charge in [0.2, 0.25) is 11.9 Å². The fourth-order valence-corrected chi connectivity index (χ4v) is 3.75. The van der Waals surface area contributed by atoms with Crippen LogP contribution in [0.3, 0.4) is 0 Å². The number of aromatic nitrogens is 4. The van der Waals surface area contributed by atoms with E-state index in [1.165, 1.54) is 12.3 Å². The Morgan fingerprint density at radius 3 is 2.63 bits per heavy atom. The van der Waals surface area contributed by atoms with Crippen LogP contribution in [0.15, 0.2) is 30.5 Å². The van der Waals surface area contributed by atoms with Crippen molar-refractivity contribution in [1.29, 1.82) is 0 Å². The lowest BCUT2D eigenvalue weighted by Crippen LogP contribution is -2.27. The normalized spacial score (nSPS) is 16.7. The molecule has 1 aliphatic rings. The monoisotopic (exact) mass is 376 g/mol. The predicted octanol–water partition coefficient (Wildman–Crippen LogP) is 4.46. The Kier molecular flexibility index (Phi) is 3.97. The molecule has 0 radical (unpaired) electrons. The van der Waals surface area contributed by atoms with Gasteiger partial charge in [-0.1, -0.05) is 18.9 Å². The molecule has 0 amide bonds. The van der Waals surface area contributed by atoms with E-state index >= 15 is 0 Å². The summed E-state index contributed by atoms with van der Waals surface area (Å²) in [6.45, 7) is 2.11. The van der Waals surface area contributed by atoms with Crippen LogP contribution in [0.5, 0.6) is 0 Å². The second-order valence-corrected chi connectivity index (χ2v) is 7.12. The molecule has 1 aromatic carbocycles. The van der Waals surface area contributed by atoms with E-state index in [0.717, 1.165) is 37.8 Å². The minimum absolute atomic E-state index is 0.135. The van der Waals surface area contributed by atoms with Gasteiger partial charge in [0, 0.05) is 11.2 Å². The number of hydrogen-bond acceptors (Lipinski definition) is 5. The summed E-state index contributed by atoms with van der Waals surface area (Å²) in [4.78, 5) is 12.8. The van der Waals surface area contributed by atoms with E-state index < -0.39 is 11.7 Å². The van der Waals surface area contributed by atoms with Gasteiger partial charge < -0.3 is 11.1 Å². The Hall–Kier alpha value is -2.84. The van der Waals surface area contributed by atoms with Crippen molar-refractivity contribution in [2.75, 3.05) is 11.1 Å². The SMILES string of the molecule is CC1(n2c(Nc3cccc(C(F)(F)F)c3)nc3cnc(N)nc32)CCCC1. The fourth-order valence-electron chi connectivity index (χ4n) is 3.75. The summed E-state index contributed by atoms with van der Waals surface area (Å²) in [5.41, 5.74) is 6.24. The number of fused-ring (bicyclic) bond motifs is 1. The van der Waals surface area contributed by atoms with Gasteiger partial charge in [-0.3, -0.25) is 4.57 Å². The third-order valence-corrected chi connectivity index (χ3v) is 5.09. The van der Waals surface area contributed by atoms with Crippen LogP contribution in [0.1, 0.15) is 38.2 Å². The Morgan fingerprint density at radius 2 is 1.93 bits per heavy atom. The number of imidazole rings is 1. The van der Waals surface area contributed by atoms with Crippen molar-refractivity contribution in [3.05, 3.63) is 36.0 Å². The molecule has 1 aliphatic carbocycles. The molecule has 0 aliphatic heterocycles. The number of rotatable bonds is 3. The summed E-state index contributed by atoms with van der Waals surface area (Å²) in [6, 6.07) is 5.06. The number of nitrogens with zero attached hydrogens (tertiary/aromatic N) is 4. The van der Waals surface area contributed by atoms with Gasteiger partial charge in [-0.15, -0.1) is 0 Å². The van der Waals surface area contributed by atoms with E-state index in [2.05, 4.69) is 27.2 Å². The smallest absolute Gasteiger partial charge is 0.368 e. The first-order chi connectivity index (χ1) is 12.8. The van der Waals surface area contributed by atoms with E-state index in [1.54, 1.807) is 6.07 Å². The first kappa shape index (κ1) is 17.6. The lowest BCUT2D eigenvalue weighted by molar-refractivity contribution is -0.137. The number of halogens is 3. The third kappa shape index (κ3) is 3.17. The number of nitrogens with two attached hydrogens (primary N) is 1. The Labute approximate surface area is 153 Å². The van der Waals surface area contributed by atoms with Crippen molar-refractivity contribution >= 4 is 28.7 Å². The second-order valence-electron chi connectivity index (χ2n) is 7.12. The van der Waals surface area contributed by atoms with Gasteiger partial charge in [0.1, 0.15) is 5.52 Å². The van der Waals surface area contributed by atoms with Gasteiger partial charge in [-0.25, -0.2) is 9.97 Å². The lowest BCUT2D eigenvalue weighted by atomic mass is 10.0. The van der Waals surface area contributed by atoms with Gasteiger partial charge in [0.25, 0.3) is 0 Å². The van der Waals surface area contributed by atoms with Crippen LogP contribution in [0.2, 0.25) is 0 Å². The van der Waals surface area contributed by atoms with Crippen molar-refractivity contribution in [2.24, 2.45) is 0 Å². The topological polar surface area (TPSA) is 81.7 Å². The number of nitrogens with one attached hydrogen (secondary N) is 1. The van der Waals surface area contributed by atoms with Gasteiger partial charge >= 0.3 is 6.18 Å². The van der Waals surface area contributed by atoms with Crippen LogP contribution in [0.4, 0.5) is 30.8 Å². The van der Waals surface area contributed by atoms with Crippen LogP contribution < -0.4 is 11.1 Å². The molecular formula is C18H19F3N6. The zero-order chi connectivity index (χ0) is 19.2. The molecule has 142 valence electrons. The van der Waals surface area contributed by atoms with Gasteiger partial charge in [-0.2, -0.15) is 18.2 Å². The molecule has 0 unspecified atom stereocenters. The minimum Gasteiger partial charge on any atom is -0.368 e. The number of nitrogen functional groups attached to an aromatic ring is 1. The Morgan fingerprint density at radius 1 is 1.19 bits per heavy atom. The zero-order valence-electron chi connectivity index (χ0n) is 14.7. The lowest BCUT2D eigenvalue weighted by Gasteiger charge is -2.28. The molecule has 0 spiro atoms. The maximum atomic E-state index is 13.0. The number of alkyl halides is 3. The molecule has 0 atom stereocenters. The molecule has 1 saturated carbocycles. The van der Waals surface area contributed by atoms with Gasteiger partial charge in [-0.05, 0) is 38.0 Å². The summed E-state index contributed by atoms with van der Waals surface area (Å²) in [5.74, 6) is 0.574. The maximum absolute atomic E-state index is 13.0. The highest BCUT2D eigenvalue weighted by atomic mass is 19.4. The molecule has 2 heterocycles. The van der Waals surface area contributed by atoms with Crippen molar-refractivity contribution < 1.29 is 13.2 Å². The molecule has 2 aromatic heterocycles. The molecule has 3 aromatic rings. The van der Waals surface area contributed by atoms with Crippen molar-refractivity contribution in [3.63, 3.8) is 0 Å². The van der Waals surface area contributed by atoms with E-state index in [9.17, 15) is 13.2 Å². The van der Waals surface area contributed by atoms with Crippen LogP contribution in [-0.2, 0) is 11.7 Å². The van der Waals surface area contributed by atoms with E-state index in [0.29, 0.717) is 22.8 Å². The Balaban J connectivity index is 1.82. The summed E-state index contributed by atoms with van der Waals surface area (Å²) >= 11 is 0. The molecule has 9 heteroatoms. The molecule has 27 heavy (non-hydrogen) atoms. The first-order valence-corrected chi connectivity index (χ1v) is 8.72. The summed E-state index contributed by atoms with van der Waals surface area (Å²) in [7, 11) is 0. The molecule has 1 fully saturated rings. The quantitative estimate of drug-likeness (QED) is 0.705. The average Bonchev–Trinajstić information content (AvgIpc) is 3.18. The molecule has 0 saturated heterocycles. The highest BCUT2D eigenvalue weighted by Gasteiger charge is 2.35. The minimum atomic E-state index is -4.41. The van der Waals surface area contributed by atoms with Crippen LogP contribution in [0, 0.1) is 0 Å². The van der Waals surface area contributed by atoms with E-state index in [-0.39, 0.29) is 11.5 Å². The van der Waals surface area contributed by atoms with Crippen molar-refractivity contribution in [3.8, 4) is 0 Å². The molecule has 6 nitrogen and oxygen atoms in total. The van der Waals surface area contributed by atoms with Crippen LogP contribution in [-0.4, -0.2) is 19.5 Å². The summed E-state index contributed by atoms with van der Waals surface area (Å²) in [6.07, 6.45) is 1.12. The van der Waals surface area contributed by atoms with E-state index in [4.69, 9.17) is 5.73 Å². The third-order valence-electron chi connectivity index (χ3n) is 5.09. The highest BCUT2D eigenvalue weighted by Crippen LogP contribution is 2.41. The molecular weight excluding hydrogens is 357 g/mol. The largest absolute Gasteiger partial charge is 0.416 e. The standard InChI is InChI=1S/C18H19F3N6/c1-17(7-2-3-8-17)27-14-13(10-23-15(22)26-14)25-16(27)24-12-6-4-5-11(9-12)18(19,20)21/h4-6,9-10H,2-3,7-8H2,1H3,(H,24,25)(H2,22,23,26). The second kappa shape index (κ2) is 6.11. The van der Waals surface area contributed by atoms with Crippen molar-refractivity contribution in [1.82, 2.24) is 19.5 Å². The molecule has 3 N–H and O–H groups in total. The van der Waals surface area contributed by atoms with Crippen molar-refractivity contribution in [2.45, 2.75) is 44.3 Å². The van der Waals surface area contributed by atoms with Crippen LogP contribution >= 0.6 is 0 Å².